The minimum Gasteiger partial charge on any atom is -0.336 e. The molecule has 1 aliphatic heterocycles. The predicted molar refractivity (Wildman–Crippen MR) is 58.1 cm³/mol. The fourth-order valence-corrected chi connectivity index (χ4v) is 2.45. The summed E-state index contributed by atoms with van der Waals surface area (Å²) in [6.45, 7) is 5.20. The van der Waals surface area contributed by atoms with E-state index in [9.17, 15) is 8.42 Å². The highest BCUT2D eigenvalue weighted by atomic mass is 32.2. The van der Waals surface area contributed by atoms with Gasteiger partial charge in [-0.25, -0.2) is 4.18 Å². The summed E-state index contributed by atoms with van der Waals surface area (Å²) in [5, 5.41) is 0. The summed E-state index contributed by atoms with van der Waals surface area (Å²) in [6.07, 6.45) is 2.91. The summed E-state index contributed by atoms with van der Waals surface area (Å²) in [7, 11) is -0.0511. The number of rotatable bonds is 4. The molecule has 0 atom stereocenters. The summed E-state index contributed by atoms with van der Waals surface area (Å²) in [4.78, 5) is 3.35. The first-order valence-corrected chi connectivity index (χ1v) is 6.07. The van der Waals surface area contributed by atoms with Crippen LogP contribution in [0.3, 0.4) is 0 Å². The van der Waals surface area contributed by atoms with Crippen LogP contribution in [0, 0.1) is 0 Å². The Morgan fingerprint density at radius 2 is 1.87 bits per heavy atom. The molecule has 0 aromatic carbocycles. The average molecular weight is 232 g/mol. The Hall–Kier alpha value is -1.01. The van der Waals surface area contributed by atoms with E-state index >= 15 is 0 Å². The molecule has 6 heteroatoms. The summed E-state index contributed by atoms with van der Waals surface area (Å²) >= 11 is 0. The molecule has 1 heterocycles. The molecule has 86 valence electrons. The van der Waals surface area contributed by atoms with E-state index < -0.39 is 16.5 Å². The monoisotopic (exact) mass is 232 g/mol. The maximum absolute atomic E-state index is 11.5. The van der Waals surface area contributed by atoms with Crippen molar-refractivity contribution in [1.82, 2.24) is 9.80 Å². The van der Waals surface area contributed by atoms with Crippen molar-refractivity contribution in [1.29, 1.82) is 0 Å². The van der Waals surface area contributed by atoms with Crippen molar-refractivity contribution in [2.75, 3.05) is 19.8 Å². The van der Waals surface area contributed by atoms with Crippen molar-refractivity contribution >= 4 is 10.1 Å². The van der Waals surface area contributed by atoms with E-state index in [1.54, 1.807) is 43.2 Å². The molecule has 0 spiro atoms. The zero-order valence-electron chi connectivity index (χ0n) is 9.17. The van der Waals surface area contributed by atoms with Gasteiger partial charge in [0.15, 0.2) is 0 Å². The predicted octanol–water partition coefficient (Wildman–Crippen LogP) is 0.541. The number of nitrogens with zero attached hydrogens (tertiary/aromatic N) is 2. The van der Waals surface area contributed by atoms with Crippen LogP contribution in [0.2, 0.25) is 0 Å². The highest BCUT2D eigenvalue weighted by molar-refractivity contribution is 7.86. The van der Waals surface area contributed by atoms with Gasteiger partial charge >= 0.3 is 0 Å². The van der Waals surface area contributed by atoms with Gasteiger partial charge in [0.1, 0.15) is 0 Å². The van der Waals surface area contributed by atoms with E-state index in [0.29, 0.717) is 5.57 Å². The molecule has 1 aliphatic rings. The molecule has 15 heavy (non-hydrogen) atoms. The lowest BCUT2D eigenvalue weighted by molar-refractivity contribution is 0.00526. The van der Waals surface area contributed by atoms with Gasteiger partial charge in [0.05, 0.1) is 5.75 Å². The van der Waals surface area contributed by atoms with E-state index in [1.165, 1.54) is 0 Å². The molecular formula is C9H16N2O3S. The Kier molecular flexibility index (Phi) is 3.41. The fourth-order valence-electron chi connectivity index (χ4n) is 1.25. The van der Waals surface area contributed by atoms with Gasteiger partial charge in [0.2, 0.25) is 6.35 Å². The van der Waals surface area contributed by atoms with Crippen LogP contribution in [0.5, 0.6) is 0 Å². The van der Waals surface area contributed by atoms with Crippen LogP contribution in [0.4, 0.5) is 0 Å². The zero-order chi connectivity index (χ0) is 11.6. The van der Waals surface area contributed by atoms with Crippen molar-refractivity contribution in [2.24, 2.45) is 0 Å². The van der Waals surface area contributed by atoms with Gasteiger partial charge in [-0.15, -0.1) is 0 Å². The van der Waals surface area contributed by atoms with Crippen LogP contribution in [0.25, 0.3) is 0 Å². The van der Waals surface area contributed by atoms with Gasteiger partial charge in [-0.2, -0.15) is 8.42 Å². The largest absolute Gasteiger partial charge is 0.336 e. The van der Waals surface area contributed by atoms with Crippen molar-refractivity contribution in [3.05, 3.63) is 24.6 Å². The fraction of sp³-hybridized carbons (Fsp3) is 0.556. The van der Waals surface area contributed by atoms with Gasteiger partial charge < -0.3 is 9.80 Å². The van der Waals surface area contributed by atoms with Gasteiger partial charge in [-0.3, -0.25) is 0 Å². The average Bonchev–Trinajstić information content (AvgIpc) is 2.33. The molecule has 0 saturated carbocycles. The SMILES string of the molecule is C=C(C)CS(=O)(=O)OC1N(C)C=CN1C. The molecule has 0 N–H and O–H groups in total. The summed E-state index contributed by atoms with van der Waals surface area (Å²) in [6, 6.07) is 0. The summed E-state index contributed by atoms with van der Waals surface area (Å²) in [5.41, 5.74) is 0.561. The smallest absolute Gasteiger partial charge is 0.274 e. The Morgan fingerprint density at radius 3 is 2.27 bits per heavy atom. The van der Waals surface area contributed by atoms with E-state index in [1.807, 2.05) is 0 Å². The molecule has 0 aliphatic carbocycles. The topological polar surface area (TPSA) is 49.9 Å². The maximum Gasteiger partial charge on any atom is 0.274 e. The first kappa shape index (κ1) is 12.1. The molecule has 5 nitrogen and oxygen atoms in total. The Balaban J connectivity index is 2.66. The maximum atomic E-state index is 11.5. The molecule has 0 bridgehead atoms. The molecular weight excluding hydrogens is 216 g/mol. The van der Waals surface area contributed by atoms with Crippen LogP contribution in [0.15, 0.2) is 24.6 Å². The Bertz CT molecular complexity index is 363. The second-order valence-corrected chi connectivity index (χ2v) is 5.31. The summed E-state index contributed by atoms with van der Waals surface area (Å²) < 4.78 is 28.1. The zero-order valence-corrected chi connectivity index (χ0v) is 9.99. The van der Waals surface area contributed by atoms with E-state index in [4.69, 9.17) is 4.18 Å². The third kappa shape index (κ3) is 3.24. The van der Waals surface area contributed by atoms with Crippen LogP contribution in [0.1, 0.15) is 6.92 Å². The first-order chi connectivity index (χ1) is 6.82. The van der Waals surface area contributed by atoms with Gasteiger partial charge in [-0.1, -0.05) is 12.2 Å². The molecule has 0 radical (unpaired) electrons. The van der Waals surface area contributed by atoms with E-state index in [2.05, 4.69) is 6.58 Å². The lowest BCUT2D eigenvalue weighted by Gasteiger charge is -2.26. The normalized spacial score (nSPS) is 17.5. The molecule has 0 amide bonds. The lowest BCUT2D eigenvalue weighted by Crippen LogP contribution is -2.39. The van der Waals surface area contributed by atoms with Crippen LogP contribution < -0.4 is 0 Å². The van der Waals surface area contributed by atoms with Crippen LogP contribution in [-0.2, 0) is 14.3 Å². The van der Waals surface area contributed by atoms with Crippen molar-refractivity contribution < 1.29 is 12.6 Å². The van der Waals surface area contributed by atoms with Crippen molar-refractivity contribution in [2.45, 2.75) is 13.3 Å². The second-order valence-electron chi connectivity index (χ2n) is 3.71. The highest BCUT2D eigenvalue weighted by Crippen LogP contribution is 2.16. The number of hydrogen-bond donors (Lipinski definition) is 0. The molecule has 0 aromatic rings. The van der Waals surface area contributed by atoms with Crippen molar-refractivity contribution in [3.8, 4) is 0 Å². The van der Waals surface area contributed by atoms with Crippen molar-refractivity contribution in [3.63, 3.8) is 0 Å². The molecule has 0 saturated heterocycles. The second kappa shape index (κ2) is 4.24. The first-order valence-electron chi connectivity index (χ1n) is 4.49. The molecule has 1 rings (SSSR count). The van der Waals surface area contributed by atoms with E-state index in [-0.39, 0.29) is 5.75 Å². The third-order valence-corrected chi connectivity index (χ3v) is 3.20. The lowest BCUT2D eigenvalue weighted by atomic mass is 10.4. The Labute approximate surface area is 90.7 Å². The van der Waals surface area contributed by atoms with Gasteiger partial charge in [0, 0.05) is 26.5 Å². The minimum atomic E-state index is -3.55. The quantitative estimate of drug-likeness (QED) is 0.523. The minimum absolute atomic E-state index is 0.148. The van der Waals surface area contributed by atoms with Gasteiger partial charge in [-0.05, 0) is 6.92 Å². The highest BCUT2D eigenvalue weighted by Gasteiger charge is 2.27. The molecule has 0 fully saturated rings. The summed E-state index contributed by atoms with van der Waals surface area (Å²) in [5.74, 6) is -0.148. The van der Waals surface area contributed by atoms with E-state index in [0.717, 1.165) is 0 Å². The third-order valence-electron chi connectivity index (χ3n) is 1.89. The van der Waals surface area contributed by atoms with Gasteiger partial charge in [0.25, 0.3) is 10.1 Å². The standard InChI is InChI=1S/C9H16N2O3S/c1-8(2)7-15(12,13)14-9-10(3)5-6-11(9)4/h5-6,9H,1,7H2,2-4H3. The molecule has 0 unspecified atom stereocenters. The number of hydrogen-bond acceptors (Lipinski definition) is 5. The molecule has 0 aromatic heterocycles. The Morgan fingerprint density at radius 1 is 1.40 bits per heavy atom. The van der Waals surface area contributed by atoms with Crippen LogP contribution >= 0.6 is 0 Å². The van der Waals surface area contributed by atoms with Crippen LogP contribution in [-0.4, -0.2) is 44.4 Å².